The number of nitrogens with two attached hydrogens (primary N) is 2. The van der Waals surface area contributed by atoms with Crippen molar-refractivity contribution in [2.75, 3.05) is 47.4 Å². The molecule has 0 aliphatic carbocycles. The number of hydrogen-bond acceptors (Lipinski definition) is 12. The van der Waals surface area contributed by atoms with Crippen molar-refractivity contribution in [1.82, 2.24) is 39.0 Å². The molecule has 6 aromatic heterocycles. The number of aromatic nitrogens is 8. The molecule has 82 heavy (non-hydrogen) atoms. The summed E-state index contributed by atoms with van der Waals surface area (Å²) in [6, 6.07) is 5.54. The van der Waals surface area contributed by atoms with E-state index in [9.17, 15) is 27.2 Å². The van der Waals surface area contributed by atoms with E-state index < -0.39 is 102 Å². The molecule has 4 N–H and O–H groups in total. The second-order valence-electron chi connectivity index (χ2n) is 22.3. The van der Waals surface area contributed by atoms with Gasteiger partial charge in [-0.05, 0) is 97.6 Å². The third-order valence-electron chi connectivity index (χ3n) is 14.9. The molecule has 0 amide bonds. The van der Waals surface area contributed by atoms with Crippen LogP contribution in [-0.4, -0.2) is 65.2 Å². The molecule has 8 aromatic rings. The summed E-state index contributed by atoms with van der Waals surface area (Å²) >= 11 is 11.7. The smallest absolute Gasteiger partial charge is 0.355 e. The largest absolute Gasteiger partial charge is 0.396 e. The highest BCUT2D eigenvalue weighted by atomic mass is 35.5. The molecule has 14 nitrogen and oxygen atoms in total. The minimum absolute atomic E-state index is 0.0695. The number of pyridine rings is 4. The Labute approximate surface area is 476 Å². The lowest BCUT2D eigenvalue weighted by molar-refractivity contribution is 0.355. The maximum Gasteiger partial charge on any atom is 0.355 e. The van der Waals surface area contributed by atoms with E-state index in [4.69, 9.17) is 34.7 Å². The van der Waals surface area contributed by atoms with Crippen molar-refractivity contribution in [1.29, 1.82) is 0 Å². The van der Waals surface area contributed by atoms with Gasteiger partial charge in [0, 0.05) is 38.6 Å². The summed E-state index contributed by atoms with van der Waals surface area (Å²) in [6.07, 6.45) is 5.17. The van der Waals surface area contributed by atoms with Crippen molar-refractivity contribution in [3.63, 3.8) is 0 Å². The van der Waals surface area contributed by atoms with E-state index in [0.29, 0.717) is 60.1 Å². The first-order chi connectivity index (χ1) is 38.6. The molecule has 0 unspecified atom stereocenters. The first-order valence-electron chi connectivity index (χ1n) is 26.5. The van der Waals surface area contributed by atoms with Gasteiger partial charge in [0.1, 0.15) is 33.7 Å². The Morgan fingerprint density at radius 2 is 0.902 bits per heavy atom. The van der Waals surface area contributed by atoms with E-state index >= 15 is 17.6 Å². The molecule has 2 aromatic carbocycles. The molecule has 2 fully saturated rings. The number of fused-ring (bicyclic) bond motifs is 2. The van der Waals surface area contributed by atoms with Crippen LogP contribution in [0.2, 0.25) is 10.0 Å². The SMILES string of the molecule is Cc1ccnc(C(C)C)c1-n1c(=O)nc(N2C[C@H](C)C[C@H](C)C2)c2cc(F)c(-c3c(F)c(N)c(F)c(F)c3Cl)nc21.Cc1ccnc(C(C)C)c1-n1c(=O)nc(N2C[C@H](C)C[C@H](C)C2)c2cc(F)c(-c3c(N)c(F)c(F)c(Cl)c3F)nc21. The first kappa shape index (κ1) is 59.2. The quantitative estimate of drug-likeness (QED) is 0.0637. The number of anilines is 4. The zero-order valence-corrected chi connectivity index (χ0v) is 47.9. The molecular weight excluding hydrogens is 1120 g/mol. The molecule has 0 bridgehead atoms. The van der Waals surface area contributed by atoms with Gasteiger partial charge in [0.05, 0.1) is 55.4 Å². The summed E-state index contributed by atoms with van der Waals surface area (Å²) in [5.74, 6) is -10.5. The van der Waals surface area contributed by atoms with Gasteiger partial charge < -0.3 is 21.3 Å². The standard InChI is InChI=1S/2C29H29ClF4N6O/c1-12(2)24-26(15(5)6-7-36-24)40-28-16(27(38-29(40)41)39-10-13(3)8-14(4)11-39)9-17(31)25(37-28)18-20(32)19(30)21(33)22(34)23(18)35;1-12(2)24-26(15(5)6-7-36-24)40-28-16(27(38-29(40)41)39-10-13(3)8-14(4)11-39)9-17(31)25(37-28)18-19(30)21(33)22(34)23(35)20(18)32/h2*6-7,9,12-14H,8,10-11,35H2,1-5H3/t2*13-,14+. The van der Waals surface area contributed by atoms with Crippen LogP contribution in [0.15, 0.2) is 46.2 Å². The monoisotopic (exact) mass is 1180 g/mol. The fraction of sp³-hybridized carbons (Fsp3) is 0.379. The second-order valence-corrected chi connectivity index (χ2v) is 23.1. The summed E-state index contributed by atoms with van der Waals surface area (Å²) in [5.41, 5.74) is 7.47. The molecule has 8 heterocycles. The van der Waals surface area contributed by atoms with E-state index in [1.807, 2.05) is 37.5 Å². The van der Waals surface area contributed by atoms with Gasteiger partial charge in [-0.25, -0.2) is 63.8 Å². The van der Waals surface area contributed by atoms with Crippen molar-refractivity contribution in [3.05, 3.63) is 137 Å². The van der Waals surface area contributed by atoms with Crippen LogP contribution < -0.4 is 32.6 Å². The van der Waals surface area contributed by atoms with Crippen LogP contribution >= 0.6 is 23.2 Å². The van der Waals surface area contributed by atoms with Crippen LogP contribution in [0, 0.1) is 84.1 Å². The maximum absolute atomic E-state index is 15.9. The topological polar surface area (TPSA) is 180 Å². The molecule has 2 aliphatic rings. The van der Waals surface area contributed by atoms with Crippen molar-refractivity contribution >= 4 is 68.3 Å². The summed E-state index contributed by atoms with van der Waals surface area (Å²) in [6.45, 7) is 21.7. The molecule has 0 saturated carbocycles. The van der Waals surface area contributed by atoms with Crippen LogP contribution in [-0.2, 0) is 0 Å². The van der Waals surface area contributed by atoms with Gasteiger partial charge in [-0.2, -0.15) is 9.97 Å². The Bertz CT molecular complexity index is 3700. The van der Waals surface area contributed by atoms with Gasteiger partial charge in [0.15, 0.2) is 57.8 Å². The fourth-order valence-electron chi connectivity index (χ4n) is 11.4. The van der Waals surface area contributed by atoms with Gasteiger partial charge >= 0.3 is 11.4 Å². The third kappa shape index (κ3) is 10.4. The highest BCUT2D eigenvalue weighted by molar-refractivity contribution is 6.33. The third-order valence-corrected chi connectivity index (χ3v) is 15.6. The van der Waals surface area contributed by atoms with Crippen LogP contribution in [0.5, 0.6) is 0 Å². The molecule has 4 atom stereocenters. The zero-order chi connectivity index (χ0) is 59.8. The minimum atomic E-state index is -1.70. The minimum Gasteiger partial charge on any atom is -0.396 e. The van der Waals surface area contributed by atoms with E-state index in [0.717, 1.165) is 25.0 Å². The zero-order valence-electron chi connectivity index (χ0n) is 46.4. The summed E-state index contributed by atoms with van der Waals surface area (Å²) in [5, 5.41) is -1.86. The van der Waals surface area contributed by atoms with E-state index in [1.165, 1.54) is 9.13 Å². The summed E-state index contributed by atoms with van der Waals surface area (Å²) < 4.78 is 122. The number of piperidine rings is 2. The molecule has 2 saturated heterocycles. The molecule has 432 valence electrons. The van der Waals surface area contributed by atoms with E-state index in [1.54, 1.807) is 38.4 Å². The van der Waals surface area contributed by atoms with Crippen LogP contribution in [0.3, 0.4) is 0 Å². The van der Waals surface area contributed by atoms with Crippen molar-refractivity contribution in [2.24, 2.45) is 23.7 Å². The lowest BCUT2D eigenvalue weighted by Gasteiger charge is -2.36. The van der Waals surface area contributed by atoms with Gasteiger partial charge in [-0.1, -0.05) is 78.6 Å². The normalized spacial score (nSPS) is 17.6. The number of nitrogen functional groups attached to an aromatic ring is 2. The number of nitrogens with zero attached hydrogens (tertiary/aromatic N) is 10. The average molecular weight is 1180 g/mol. The lowest BCUT2D eigenvalue weighted by Crippen LogP contribution is -2.41. The summed E-state index contributed by atoms with van der Waals surface area (Å²) in [4.78, 5) is 58.0. The fourth-order valence-corrected chi connectivity index (χ4v) is 11.9. The number of aryl methyl sites for hydroxylation is 2. The van der Waals surface area contributed by atoms with E-state index in [-0.39, 0.29) is 69.2 Å². The number of hydrogen-bond donors (Lipinski definition) is 2. The first-order valence-corrected chi connectivity index (χ1v) is 27.3. The van der Waals surface area contributed by atoms with Crippen LogP contribution in [0.1, 0.15) is 103 Å². The Kier molecular flexibility index (Phi) is 16.4. The van der Waals surface area contributed by atoms with Crippen LogP contribution in [0.25, 0.3) is 56.0 Å². The Morgan fingerprint density at radius 1 is 0.524 bits per heavy atom. The lowest BCUT2D eigenvalue weighted by atomic mass is 9.92. The van der Waals surface area contributed by atoms with Crippen molar-refractivity contribution in [3.8, 4) is 33.9 Å². The number of benzene rings is 2. The highest BCUT2D eigenvalue weighted by Gasteiger charge is 2.34. The predicted molar refractivity (Wildman–Crippen MR) is 303 cm³/mol. The van der Waals surface area contributed by atoms with Crippen LogP contribution in [0.4, 0.5) is 58.1 Å². The Balaban J connectivity index is 0.000000198. The van der Waals surface area contributed by atoms with Gasteiger partial charge in [-0.15, -0.1) is 0 Å². The molecule has 24 heteroatoms. The Hall–Kier alpha value is -7.46. The molecule has 0 radical (unpaired) electrons. The molecule has 10 rings (SSSR count). The average Bonchev–Trinajstić information content (AvgIpc) is 2.31. The number of halogens is 10. The number of rotatable bonds is 8. The summed E-state index contributed by atoms with van der Waals surface area (Å²) in [7, 11) is 0. The van der Waals surface area contributed by atoms with E-state index in [2.05, 4.69) is 57.6 Å². The van der Waals surface area contributed by atoms with Gasteiger partial charge in [0.25, 0.3) is 0 Å². The maximum atomic E-state index is 15.9. The van der Waals surface area contributed by atoms with Gasteiger partial charge in [-0.3, -0.25) is 9.97 Å². The molecule has 0 spiro atoms. The molecule has 2 aliphatic heterocycles. The van der Waals surface area contributed by atoms with Gasteiger partial charge in [0.2, 0.25) is 0 Å². The van der Waals surface area contributed by atoms with Crippen molar-refractivity contribution < 1.29 is 35.1 Å². The highest BCUT2D eigenvalue weighted by Crippen LogP contribution is 2.43. The second kappa shape index (κ2) is 22.7. The predicted octanol–water partition coefficient (Wildman–Crippen LogP) is 13.1. The Morgan fingerprint density at radius 3 is 1.30 bits per heavy atom. The van der Waals surface area contributed by atoms with Crippen molar-refractivity contribution in [2.45, 2.75) is 93.9 Å². The molecular formula is C58H58Cl2F8N12O2.